The summed E-state index contributed by atoms with van der Waals surface area (Å²) in [5.41, 5.74) is 3.06. The minimum absolute atomic E-state index is 0.0975. The Hall–Kier alpha value is -2.50. The van der Waals surface area contributed by atoms with E-state index in [0.29, 0.717) is 32.0 Å². The number of aromatic nitrogens is 2. The Kier molecular flexibility index (Phi) is 6.27. The first-order chi connectivity index (χ1) is 13.4. The zero-order valence-corrected chi connectivity index (χ0v) is 17.6. The van der Waals surface area contributed by atoms with Crippen LogP contribution in [0, 0.1) is 19.8 Å². The molecule has 0 N–H and O–H groups in total. The largest absolute Gasteiger partial charge is 0.486 e. The Bertz CT molecular complexity index is 828. The average molecular weight is 386 g/mol. The number of fused-ring (bicyclic) bond motifs is 1. The van der Waals surface area contributed by atoms with Gasteiger partial charge in [-0.2, -0.15) is 5.10 Å². The van der Waals surface area contributed by atoms with E-state index in [1.165, 1.54) is 0 Å². The van der Waals surface area contributed by atoms with Crippen LogP contribution in [0.4, 0.5) is 0 Å². The smallest absolute Gasteiger partial charge is 0.227 e. The number of amides is 1. The van der Waals surface area contributed by atoms with E-state index in [9.17, 15) is 4.79 Å². The molecule has 6 nitrogen and oxygen atoms in total. The monoisotopic (exact) mass is 385 g/mol. The van der Waals surface area contributed by atoms with Gasteiger partial charge in [0.15, 0.2) is 17.6 Å². The molecule has 28 heavy (non-hydrogen) atoms. The van der Waals surface area contributed by atoms with Gasteiger partial charge in [-0.15, -0.1) is 0 Å². The number of para-hydroxylation sites is 2. The summed E-state index contributed by atoms with van der Waals surface area (Å²) in [4.78, 5) is 14.8. The molecule has 0 aliphatic carbocycles. The summed E-state index contributed by atoms with van der Waals surface area (Å²) in [7, 11) is 0. The summed E-state index contributed by atoms with van der Waals surface area (Å²) in [5, 5.41) is 4.63. The maximum absolute atomic E-state index is 13.0. The zero-order chi connectivity index (χ0) is 20.3. The number of likely N-dealkylation sites (N-methyl/N-ethyl adjacent to an activating group) is 1. The third-order valence-electron chi connectivity index (χ3n) is 5.12. The predicted molar refractivity (Wildman–Crippen MR) is 109 cm³/mol. The lowest BCUT2D eigenvalue weighted by Crippen LogP contribution is -2.44. The van der Waals surface area contributed by atoms with Crippen molar-refractivity contribution in [2.24, 2.45) is 5.92 Å². The van der Waals surface area contributed by atoms with Crippen molar-refractivity contribution in [3.63, 3.8) is 0 Å². The van der Waals surface area contributed by atoms with E-state index in [0.717, 1.165) is 35.0 Å². The molecule has 1 aromatic heterocycles. The number of ether oxygens (including phenoxy) is 2. The highest BCUT2D eigenvalue weighted by molar-refractivity contribution is 5.79. The van der Waals surface area contributed by atoms with Crippen LogP contribution in [0.2, 0.25) is 0 Å². The van der Waals surface area contributed by atoms with Crippen LogP contribution in [0.1, 0.15) is 37.7 Å². The van der Waals surface area contributed by atoms with Gasteiger partial charge in [0.25, 0.3) is 0 Å². The lowest BCUT2D eigenvalue weighted by Gasteiger charge is -2.31. The van der Waals surface area contributed by atoms with Gasteiger partial charge in [-0.1, -0.05) is 26.0 Å². The van der Waals surface area contributed by atoms with Gasteiger partial charge in [0.2, 0.25) is 5.91 Å². The van der Waals surface area contributed by atoms with Crippen molar-refractivity contribution in [1.29, 1.82) is 0 Å². The second-order valence-electron chi connectivity index (χ2n) is 7.83. The highest BCUT2D eigenvalue weighted by Crippen LogP contribution is 2.31. The van der Waals surface area contributed by atoms with Crippen LogP contribution in [0.25, 0.3) is 0 Å². The molecule has 0 spiro atoms. The normalized spacial score (nSPS) is 15.7. The van der Waals surface area contributed by atoms with Gasteiger partial charge in [-0.25, -0.2) is 0 Å². The van der Waals surface area contributed by atoms with E-state index in [2.05, 4.69) is 25.9 Å². The number of carbonyl (C=O) groups is 1. The summed E-state index contributed by atoms with van der Waals surface area (Å²) >= 11 is 0. The summed E-state index contributed by atoms with van der Waals surface area (Å²) in [5.74, 6) is 2.11. The van der Waals surface area contributed by atoms with Gasteiger partial charge in [0, 0.05) is 24.3 Å². The molecule has 0 radical (unpaired) electrons. The molecule has 2 heterocycles. The topological polar surface area (TPSA) is 56.6 Å². The Morgan fingerprint density at radius 2 is 2.00 bits per heavy atom. The van der Waals surface area contributed by atoms with Crippen LogP contribution in [-0.4, -0.2) is 46.4 Å². The van der Waals surface area contributed by atoms with Crippen molar-refractivity contribution < 1.29 is 14.3 Å². The van der Waals surface area contributed by atoms with Gasteiger partial charge in [0.05, 0.1) is 18.7 Å². The maximum Gasteiger partial charge on any atom is 0.227 e. The summed E-state index contributed by atoms with van der Waals surface area (Å²) in [6.45, 7) is 12.8. The number of benzene rings is 1. The fourth-order valence-corrected chi connectivity index (χ4v) is 3.58. The van der Waals surface area contributed by atoms with Crippen LogP contribution in [0.5, 0.6) is 11.5 Å². The van der Waals surface area contributed by atoms with Gasteiger partial charge >= 0.3 is 0 Å². The Morgan fingerprint density at radius 1 is 1.29 bits per heavy atom. The SMILES string of the molecule is CCN(CC1COc2ccccc2O1)C(=O)Cc1c(C)nn(CC(C)C)c1C. The average Bonchev–Trinajstić information content (AvgIpc) is 2.92. The van der Waals surface area contributed by atoms with Crippen molar-refractivity contribution in [2.45, 2.75) is 53.7 Å². The van der Waals surface area contributed by atoms with E-state index in [1.54, 1.807) is 0 Å². The lowest BCUT2D eigenvalue weighted by atomic mass is 10.1. The molecule has 1 aliphatic rings. The van der Waals surface area contributed by atoms with Crippen LogP contribution in [0.15, 0.2) is 24.3 Å². The van der Waals surface area contributed by atoms with Crippen molar-refractivity contribution in [3.8, 4) is 11.5 Å². The second kappa shape index (κ2) is 8.67. The number of aryl methyl sites for hydroxylation is 1. The van der Waals surface area contributed by atoms with Crippen LogP contribution in [-0.2, 0) is 17.8 Å². The van der Waals surface area contributed by atoms with E-state index in [-0.39, 0.29) is 12.0 Å². The van der Waals surface area contributed by atoms with Crippen molar-refractivity contribution in [3.05, 3.63) is 41.2 Å². The molecular weight excluding hydrogens is 354 g/mol. The molecule has 3 rings (SSSR count). The molecular formula is C22H31N3O3. The second-order valence-corrected chi connectivity index (χ2v) is 7.83. The quantitative estimate of drug-likeness (QED) is 0.733. The van der Waals surface area contributed by atoms with E-state index in [1.807, 2.05) is 47.7 Å². The molecule has 0 fully saturated rings. The minimum Gasteiger partial charge on any atom is -0.486 e. The predicted octanol–water partition coefficient (Wildman–Crippen LogP) is 3.39. The molecule has 1 aromatic carbocycles. The molecule has 152 valence electrons. The number of nitrogens with zero attached hydrogens (tertiary/aromatic N) is 3. The maximum atomic E-state index is 13.0. The number of hydrogen-bond acceptors (Lipinski definition) is 4. The van der Waals surface area contributed by atoms with Crippen LogP contribution in [0.3, 0.4) is 0 Å². The fraction of sp³-hybridized carbons (Fsp3) is 0.545. The molecule has 1 amide bonds. The van der Waals surface area contributed by atoms with E-state index >= 15 is 0 Å². The summed E-state index contributed by atoms with van der Waals surface area (Å²) in [6, 6.07) is 7.65. The third-order valence-corrected chi connectivity index (χ3v) is 5.12. The molecule has 0 bridgehead atoms. The fourth-order valence-electron chi connectivity index (χ4n) is 3.58. The zero-order valence-electron chi connectivity index (χ0n) is 17.6. The Morgan fingerprint density at radius 3 is 2.68 bits per heavy atom. The van der Waals surface area contributed by atoms with Gasteiger partial charge in [0.1, 0.15) is 6.61 Å². The Labute approximate surface area is 167 Å². The third kappa shape index (κ3) is 4.49. The highest BCUT2D eigenvalue weighted by Gasteiger charge is 2.26. The molecule has 1 aliphatic heterocycles. The molecule has 1 atom stereocenters. The standard InChI is InChI=1S/C22H31N3O3/c1-6-24(13-18-14-27-20-9-7-8-10-21(20)28-18)22(26)11-19-16(4)23-25(17(19)5)12-15(2)3/h7-10,15,18H,6,11-14H2,1-5H3. The van der Waals surface area contributed by atoms with Crippen molar-refractivity contribution >= 4 is 5.91 Å². The molecule has 2 aromatic rings. The summed E-state index contributed by atoms with van der Waals surface area (Å²) < 4.78 is 13.8. The van der Waals surface area contributed by atoms with E-state index < -0.39 is 0 Å². The van der Waals surface area contributed by atoms with Crippen LogP contribution >= 0.6 is 0 Å². The molecule has 0 saturated heterocycles. The van der Waals surface area contributed by atoms with Crippen molar-refractivity contribution in [1.82, 2.24) is 14.7 Å². The lowest BCUT2D eigenvalue weighted by molar-refractivity contribution is -0.131. The van der Waals surface area contributed by atoms with Gasteiger partial charge in [-0.3, -0.25) is 9.48 Å². The van der Waals surface area contributed by atoms with Crippen LogP contribution < -0.4 is 9.47 Å². The van der Waals surface area contributed by atoms with Gasteiger partial charge in [-0.05, 0) is 38.8 Å². The first kappa shape index (κ1) is 20.2. The molecule has 0 saturated carbocycles. The van der Waals surface area contributed by atoms with Crippen molar-refractivity contribution in [2.75, 3.05) is 19.7 Å². The molecule has 6 heteroatoms. The highest BCUT2D eigenvalue weighted by atomic mass is 16.6. The number of rotatable bonds is 7. The first-order valence-corrected chi connectivity index (χ1v) is 10.1. The molecule has 1 unspecified atom stereocenters. The van der Waals surface area contributed by atoms with Gasteiger partial charge < -0.3 is 14.4 Å². The first-order valence-electron chi connectivity index (χ1n) is 10.1. The number of carbonyl (C=O) groups excluding carboxylic acids is 1. The Balaban J connectivity index is 1.65. The van der Waals surface area contributed by atoms with E-state index in [4.69, 9.17) is 9.47 Å². The minimum atomic E-state index is -0.162. The number of hydrogen-bond donors (Lipinski definition) is 0. The summed E-state index contributed by atoms with van der Waals surface area (Å²) in [6.07, 6.45) is 0.206.